The predicted molar refractivity (Wildman–Crippen MR) is 94.3 cm³/mol. The molecule has 0 amide bonds. The predicted octanol–water partition coefficient (Wildman–Crippen LogP) is 4.71. The molecule has 0 bridgehead atoms. The number of thiocarbonyl (C=S) groups is 1. The summed E-state index contributed by atoms with van der Waals surface area (Å²) in [5.41, 5.74) is -0.0586. The van der Waals surface area contributed by atoms with Gasteiger partial charge in [-0.15, -0.1) is 0 Å². The second-order valence-corrected chi connectivity index (χ2v) is 10.7. The van der Waals surface area contributed by atoms with E-state index in [0.29, 0.717) is 5.24 Å². The molecule has 2 spiro atoms. The Hall–Kier alpha value is -0.310. The Morgan fingerprint density at radius 1 is 0.625 bits per heavy atom. The first kappa shape index (κ1) is 13.8. The highest BCUT2D eigenvalue weighted by Gasteiger charge is 2.79. The van der Waals surface area contributed by atoms with E-state index in [1.165, 1.54) is 64.2 Å². The van der Waals surface area contributed by atoms with Crippen LogP contribution < -0.4 is 0 Å². The van der Waals surface area contributed by atoms with Crippen LogP contribution in [0.25, 0.3) is 0 Å². The van der Waals surface area contributed by atoms with Crippen molar-refractivity contribution in [2.45, 2.75) is 75.4 Å². The summed E-state index contributed by atoms with van der Waals surface area (Å²) in [6, 6.07) is 0. The molecule has 1 heterocycles. The van der Waals surface area contributed by atoms with Crippen LogP contribution in [0.1, 0.15) is 64.2 Å². The van der Waals surface area contributed by atoms with Gasteiger partial charge in [0.2, 0.25) is 0 Å². The van der Waals surface area contributed by atoms with Gasteiger partial charge < -0.3 is 9.47 Å². The summed E-state index contributed by atoms with van der Waals surface area (Å²) < 4.78 is 13.3. The first-order valence-corrected chi connectivity index (χ1v) is 11.0. The highest BCUT2D eigenvalue weighted by Crippen LogP contribution is 2.74. The molecule has 0 radical (unpaired) electrons. The van der Waals surface area contributed by atoms with Crippen molar-refractivity contribution in [3.63, 3.8) is 0 Å². The molecule has 10 atom stereocenters. The third kappa shape index (κ3) is 1.29. The molecule has 6 aliphatic carbocycles. The van der Waals surface area contributed by atoms with E-state index < -0.39 is 0 Å². The average Bonchev–Trinajstić information content (AvgIpc) is 3.32. The van der Waals surface area contributed by atoms with Crippen LogP contribution in [0, 0.1) is 47.3 Å². The summed E-state index contributed by atoms with van der Waals surface area (Å²) >= 11 is 5.59. The Labute approximate surface area is 150 Å². The molecular formula is C21H28O2S. The third-order valence-corrected chi connectivity index (χ3v) is 10.4. The van der Waals surface area contributed by atoms with Crippen molar-refractivity contribution >= 4 is 17.5 Å². The second-order valence-electron chi connectivity index (χ2n) is 10.4. The van der Waals surface area contributed by atoms with E-state index in [1.807, 2.05) is 0 Å². The molecule has 0 aromatic heterocycles. The lowest BCUT2D eigenvalue weighted by Gasteiger charge is -2.44. The molecule has 6 saturated carbocycles. The van der Waals surface area contributed by atoms with Crippen LogP contribution in [0.4, 0.5) is 0 Å². The zero-order chi connectivity index (χ0) is 15.7. The first-order valence-electron chi connectivity index (χ1n) is 10.6. The molecular weight excluding hydrogens is 316 g/mol. The van der Waals surface area contributed by atoms with Gasteiger partial charge in [0.15, 0.2) is 11.2 Å². The molecule has 2 nitrogen and oxygen atoms in total. The Bertz CT molecular complexity index is 581. The van der Waals surface area contributed by atoms with Crippen molar-refractivity contribution in [2.24, 2.45) is 47.3 Å². The zero-order valence-corrected chi connectivity index (χ0v) is 15.2. The standard InChI is InChI=1S/C21H28O2S/c24-19-22-20(9-13-3-1-11-5-7-15(20)17(11)13)21(23-19)10-14-4-2-12-6-8-16(21)18(12)14/h11-18H,1-10H2/t11-,12+,13-,14-,15+,16+,17+,18-,20-,21-/m0/s1. The van der Waals surface area contributed by atoms with Gasteiger partial charge in [-0.2, -0.15) is 0 Å². The average molecular weight is 345 g/mol. The van der Waals surface area contributed by atoms with Gasteiger partial charge in [0.05, 0.1) is 0 Å². The molecule has 0 unspecified atom stereocenters. The number of rotatable bonds is 0. The highest BCUT2D eigenvalue weighted by molar-refractivity contribution is 7.79. The van der Waals surface area contributed by atoms with E-state index in [4.69, 9.17) is 21.7 Å². The number of fused-ring (bicyclic) bond motifs is 3. The van der Waals surface area contributed by atoms with E-state index in [9.17, 15) is 0 Å². The lowest BCUT2D eigenvalue weighted by Crippen LogP contribution is -2.57. The van der Waals surface area contributed by atoms with Crippen molar-refractivity contribution < 1.29 is 9.47 Å². The molecule has 1 aliphatic heterocycles. The SMILES string of the molecule is S=C1O[C@]2(C[C@@H]3CC[C@H]4CC[C@@H]2[C@H]43)[C@@]2(C[C@@H]3CC[C@@H]4CC[C@@H]2[C@@H]43)O1. The number of hydrogen-bond donors (Lipinski definition) is 0. The molecule has 0 aromatic rings. The Morgan fingerprint density at radius 2 is 1.04 bits per heavy atom. The minimum absolute atomic E-state index is 0.0293. The summed E-state index contributed by atoms with van der Waals surface area (Å²) in [5.74, 6) is 7.15. The van der Waals surface area contributed by atoms with Crippen LogP contribution in [-0.2, 0) is 9.47 Å². The van der Waals surface area contributed by atoms with Crippen molar-refractivity contribution in [1.82, 2.24) is 0 Å². The molecule has 0 aromatic carbocycles. The second kappa shape index (κ2) is 4.15. The van der Waals surface area contributed by atoms with E-state index in [0.717, 1.165) is 47.3 Å². The largest absolute Gasteiger partial charge is 0.446 e. The van der Waals surface area contributed by atoms with Crippen molar-refractivity contribution in [2.75, 3.05) is 0 Å². The third-order valence-electron chi connectivity index (χ3n) is 10.2. The Morgan fingerprint density at radius 3 is 1.54 bits per heavy atom. The van der Waals surface area contributed by atoms with Gasteiger partial charge in [0.1, 0.15) is 0 Å². The summed E-state index contributed by atoms with van der Waals surface area (Å²) in [6.45, 7) is 0. The van der Waals surface area contributed by atoms with Gasteiger partial charge in [0, 0.05) is 24.1 Å². The topological polar surface area (TPSA) is 18.5 Å². The Balaban J connectivity index is 1.38. The van der Waals surface area contributed by atoms with Crippen molar-refractivity contribution in [3.8, 4) is 0 Å². The van der Waals surface area contributed by atoms with Gasteiger partial charge in [-0.3, -0.25) is 0 Å². The van der Waals surface area contributed by atoms with Crippen LogP contribution in [-0.4, -0.2) is 16.4 Å². The van der Waals surface area contributed by atoms with Crippen LogP contribution in [0.3, 0.4) is 0 Å². The van der Waals surface area contributed by atoms with Gasteiger partial charge in [-0.25, -0.2) is 0 Å². The van der Waals surface area contributed by atoms with E-state index >= 15 is 0 Å². The molecule has 24 heavy (non-hydrogen) atoms. The monoisotopic (exact) mass is 344 g/mol. The molecule has 130 valence electrons. The van der Waals surface area contributed by atoms with E-state index in [2.05, 4.69) is 0 Å². The van der Waals surface area contributed by atoms with Crippen LogP contribution >= 0.6 is 12.2 Å². The van der Waals surface area contributed by atoms with Gasteiger partial charge in [0.25, 0.3) is 0 Å². The van der Waals surface area contributed by atoms with Gasteiger partial charge in [-0.1, -0.05) is 0 Å². The molecule has 7 aliphatic rings. The summed E-state index contributed by atoms with van der Waals surface area (Å²) in [6.07, 6.45) is 14.0. The van der Waals surface area contributed by atoms with Crippen LogP contribution in [0.15, 0.2) is 0 Å². The molecule has 7 rings (SSSR count). The molecule has 3 heteroatoms. The normalized spacial score (nSPS) is 64.9. The number of ether oxygens (including phenoxy) is 2. The smallest absolute Gasteiger partial charge is 0.353 e. The van der Waals surface area contributed by atoms with Crippen molar-refractivity contribution in [3.05, 3.63) is 0 Å². The fourth-order valence-electron chi connectivity index (χ4n) is 9.90. The van der Waals surface area contributed by atoms with Crippen LogP contribution in [0.2, 0.25) is 0 Å². The Kier molecular flexibility index (Phi) is 2.40. The number of hydrogen-bond acceptors (Lipinski definition) is 3. The minimum Gasteiger partial charge on any atom is -0.446 e. The fourth-order valence-corrected chi connectivity index (χ4v) is 10.2. The summed E-state index contributed by atoms with van der Waals surface area (Å²) in [7, 11) is 0. The molecule has 0 N–H and O–H groups in total. The zero-order valence-electron chi connectivity index (χ0n) is 14.4. The lowest BCUT2D eigenvalue weighted by molar-refractivity contribution is -0.106. The maximum Gasteiger partial charge on any atom is 0.353 e. The quantitative estimate of drug-likeness (QED) is 0.593. The maximum atomic E-state index is 6.64. The maximum absolute atomic E-state index is 6.64. The van der Waals surface area contributed by atoms with Crippen molar-refractivity contribution in [1.29, 1.82) is 0 Å². The van der Waals surface area contributed by atoms with E-state index in [-0.39, 0.29) is 11.2 Å². The van der Waals surface area contributed by atoms with Gasteiger partial charge >= 0.3 is 5.24 Å². The fraction of sp³-hybridized carbons (Fsp3) is 0.952. The van der Waals surface area contributed by atoms with Crippen LogP contribution in [0.5, 0.6) is 0 Å². The lowest BCUT2D eigenvalue weighted by atomic mass is 9.67. The first-order chi connectivity index (χ1) is 11.7. The summed E-state index contributed by atoms with van der Waals surface area (Å²) in [4.78, 5) is 0. The van der Waals surface area contributed by atoms with Gasteiger partial charge in [-0.05, 0) is 99.7 Å². The molecule has 1 saturated heterocycles. The molecule has 7 fully saturated rings. The van der Waals surface area contributed by atoms with E-state index in [1.54, 1.807) is 0 Å². The highest BCUT2D eigenvalue weighted by atomic mass is 32.1. The summed E-state index contributed by atoms with van der Waals surface area (Å²) in [5, 5.41) is 0.516. The minimum atomic E-state index is -0.0293.